The summed E-state index contributed by atoms with van der Waals surface area (Å²) in [4.78, 5) is 4.60. The SMILES string of the molecule is Cc1ccc2c(n1)oc1c(-c3ccc(C(C)C)c[n+]3C)c(C)cc(C)c12. The molecule has 0 saturated heterocycles. The molecule has 26 heavy (non-hydrogen) atoms. The van der Waals surface area contributed by atoms with E-state index in [9.17, 15) is 0 Å². The molecule has 0 bridgehead atoms. The molecule has 0 aliphatic heterocycles. The van der Waals surface area contributed by atoms with E-state index < -0.39 is 0 Å². The van der Waals surface area contributed by atoms with Gasteiger partial charge in [0.05, 0.1) is 5.56 Å². The Morgan fingerprint density at radius 3 is 2.46 bits per heavy atom. The van der Waals surface area contributed by atoms with Gasteiger partial charge in [0.1, 0.15) is 7.05 Å². The van der Waals surface area contributed by atoms with Crippen molar-refractivity contribution >= 4 is 22.1 Å². The lowest BCUT2D eigenvalue weighted by Gasteiger charge is -2.09. The van der Waals surface area contributed by atoms with Crippen LogP contribution in [0, 0.1) is 20.8 Å². The molecule has 0 atom stereocenters. The molecule has 0 unspecified atom stereocenters. The predicted octanol–water partition coefficient (Wildman–Crippen LogP) is 5.52. The summed E-state index contributed by atoms with van der Waals surface area (Å²) < 4.78 is 8.50. The molecule has 0 amide bonds. The lowest BCUT2D eigenvalue weighted by molar-refractivity contribution is -0.660. The van der Waals surface area contributed by atoms with Crippen LogP contribution in [-0.2, 0) is 7.05 Å². The Kier molecular flexibility index (Phi) is 3.83. The second kappa shape index (κ2) is 5.94. The van der Waals surface area contributed by atoms with Crippen molar-refractivity contribution in [1.82, 2.24) is 4.98 Å². The second-order valence-electron chi connectivity index (χ2n) is 7.61. The fourth-order valence-electron chi connectivity index (χ4n) is 3.84. The van der Waals surface area contributed by atoms with Crippen LogP contribution in [0.15, 0.2) is 40.9 Å². The van der Waals surface area contributed by atoms with Crippen LogP contribution < -0.4 is 4.57 Å². The van der Waals surface area contributed by atoms with Gasteiger partial charge in [-0.2, -0.15) is 0 Å². The fraction of sp³-hybridized carbons (Fsp3) is 0.304. The number of rotatable bonds is 2. The van der Waals surface area contributed by atoms with Gasteiger partial charge in [-0.25, -0.2) is 9.55 Å². The van der Waals surface area contributed by atoms with E-state index in [2.05, 4.69) is 74.8 Å². The summed E-state index contributed by atoms with van der Waals surface area (Å²) in [5.41, 5.74) is 8.72. The maximum absolute atomic E-state index is 6.29. The van der Waals surface area contributed by atoms with Crippen molar-refractivity contribution in [2.24, 2.45) is 7.05 Å². The van der Waals surface area contributed by atoms with Crippen molar-refractivity contribution < 1.29 is 8.98 Å². The third-order valence-electron chi connectivity index (χ3n) is 5.22. The molecule has 0 aliphatic rings. The first-order valence-corrected chi connectivity index (χ1v) is 9.17. The number of fused-ring (bicyclic) bond motifs is 3. The first-order valence-electron chi connectivity index (χ1n) is 9.17. The summed E-state index contributed by atoms with van der Waals surface area (Å²) in [6.45, 7) is 10.7. The zero-order valence-electron chi connectivity index (χ0n) is 16.3. The van der Waals surface area contributed by atoms with Crippen molar-refractivity contribution in [3.63, 3.8) is 0 Å². The Morgan fingerprint density at radius 2 is 1.77 bits per heavy atom. The van der Waals surface area contributed by atoms with Gasteiger partial charge in [0.25, 0.3) is 0 Å². The molecule has 4 aromatic rings. The molecule has 0 N–H and O–H groups in total. The zero-order chi connectivity index (χ0) is 18.6. The molecule has 0 radical (unpaired) electrons. The maximum Gasteiger partial charge on any atom is 0.227 e. The number of furan rings is 1. The van der Waals surface area contributed by atoms with E-state index in [1.807, 2.05) is 13.0 Å². The summed E-state index contributed by atoms with van der Waals surface area (Å²) in [6.07, 6.45) is 2.22. The van der Waals surface area contributed by atoms with Crippen molar-refractivity contribution in [2.75, 3.05) is 0 Å². The van der Waals surface area contributed by atoms with Gasteiger partial charge in [0, 0.05) is 28.1 Å². The molecule has 0 aliphatic carbocycles. The third-order valence-corrected chi connectivity index (χ3v) is 5.22. The number of nitrogens with zero attached hydrogens (tertiary/aromatic N) is 2. The standard InChI is InChI=1S/C23H25N2O/c1-13(2)17-8-10-19(25(6)12-17)21-15(4)11-14(3)20-18-9-7-16(5)24-23(18)26-22(20)21/h7-13H,1-6H3/q+1. The quantitative estimate of drug-likeness (QED) is 0.448. The third kappa shape index (κ3) is 2.50. The number of hydrogen-bond donors (Lipinski definition) is 0. The Balaban J connectivity index is 2.08. The van der Waals surface area contributed by atoms with Crippen LogP contribution in [0.25, 0.3) is 33.3 Å². The van der Waals surface area contributed by atoms with E-state index in [0.29, 0.717) is 5.92 Å². The van der Waals surface area contributed by atoms with Gasteiger partial charge in [0.15, 0.2) is 11.8 Å². The summed E-state index contributed by atoms with van der Waals surface area (Å²) in [7, 11) is 2.11. The number of aromatic nitrogens is 2. The number of pyridine rings is 2. The first-order chi connectivity index (χ1) is 12.4. The number of hydrogen-bond acceptors (Lipinski definition) is 2. The molecule has 3 aromatic heterocycles. The molecule has 132 valence electrons. The van der Waals surface area contributed by atoms with E-state index in [0.717, 1.165) is 33.6 Å². The molecular weight excluding hydrogens is 320 g/mol. The summed E-state index contributed by atoms with van der Waals surface area (Å²) in [5, 5.41) is 2.26. The molecule has 1 aromatic carbocycles. The monoisotopic (exact) mass is 345 g/mol. The van der Waals surface area contributed by atoms with Crippen LogP contribution in [0.1, 0.15) is 42.1 Å². The molecule has 0 spiro atoms. The van der Waals surface area contributed by atoms with Crippen LogP contribution in [0.4, 0.5) is 0 Å². The van der Waals surface area contributed by atoms with Crippen LogP contribution in [0.5, 0.6) is 0 Å². The summed E-state index contributed by atoms with van der Waals surface area (Å²) >= 11 is 0. The minimum absolute atomic E-state index is 0.507. The average molecular weight is 345 g/mol. The highest BCUT2D eigenvalue weighted by molar-refractivity contribution is 6.10. The number of aryl methyl sites for hydroxylation is 4. The molecule has 3 nitrogen and oxygen atoms in total. The fourth-order valence-corrected chi connectivity index (χ4v) is 3.84. The highest BCUT2D eigenvalue weighted by Gasteiger charge is 2.23. The van der Waals surface area contributed by atoms with E-state index in [-0.39, 0.29) is 0 Å². The van der Waals surface area contributed by atoms with Gasteiger partial charge in [-0.1, -0.05) is 19.9 Å². The normalized spacial score (nSPS) is 11.8. The van der Waals surface area contributed by atoms with Gasteiger partial charge in [-0.15, -0.1) is 0 Å². The smallest absolute Gasteiger partial charge is 0.227 e. The summed E-state index contributed by atoms with van der Waals surface area (Å²) in [6, 6.07) is 10.8. The lowest BCUT2D eigenvalue weighted by Crippen LogP contribution is -2.31. The van der Waals surface area contributed by atoms with Crippen LogP contribution in [0.3, 0.4) is 0 Å². The Bertz CT molecular complexity index is 1150. The highest BCUT2D eigenvalue weighted by Crippen LogP contribution is 2.38. The molecule has 4 rings (SSSR count). The Labute approximate surface area is 154 Å². The largest absolute Gasteiger partial charge is 0.437 e. The maximum atomic E-state index is 6.29. The number of benzene rings is 1. The topological polar surface area (TPSA) is 29.9 Å². The van der Waals surface area contributed by atoms with Crippen LogP contribution >= 0.6 is 0 Å². The van der Waals surface area contributed by atoms with E-state index >= 15 is 0 Å². The summed E-state index contributed by atoms with van der Waals surface area (Å²) in [5.74, 6) is 0.507. The second-order valence-corrected chi connectivity index (χ2v) is 7.61. The molecule has 0 fully saturated rings. The first kappa shape index (κ1) is 16.8. The van der Waals surface area contributed by atoms with Crippen molar-refractivity contribution in [2.45, 2.75) is 40.5 Å². The average Bonchev–Trinajstić information content (AvgIpc) is 2.94. The van der Waals surface area contributed by atoms with Gasteiger partial charge < -0.3 is 4.42 Å². The molecule has 3 heteroatoms. The zero-order valence-corrected chi connectivity index (χ0v) is 16.3. The minimum atomic E-state index is 0.507. The van der Waals surface area contributed by atoms with Crippen LogP contribution in [-0.4, -0.2) is 4.98 Å². The lowest BCUT2D eigenvalue weighted by atomic mass is 9.96. The van der Waals surface area contributed by atoms with E-state index in [4.69, 9.17) is 4.42 Å². The minimum Gasteiger partial charge on any atom is -0.437 e. The van der Waals surface area contributed by atoms with Gasteiger partial charge in [0.2, 0.25) is 11.4 Å². The Morgan fingerprint density at radius 1 is 1.00 bits per heavy atom. The Hall–Kier alpha value is -2.68. The molecular formula is C23H25N2O+. The van der Waals surface area contributed by atoms with Gasteiger partial charge >= 0.3 is 0 Å². The highest BCUT2D eigenvalue weighted by atomic mass is 16.3. The molecule has 0 saturated carbocycles. The van der Waals surface area contributed by atoms with Crippen molar-refractivity contribution in [1.29, 1.82) is 0 Å². The van der Waals surface area contributed by atoms with Crippen molar-refractivity contribution in [3.8, 4) is 11.3 Å². The van der Waals surface area contributed by atoms with Gasteiger partial charge in [-0.3, -0.25) is 0 Å². The van der Waals surface area contributed by atoms with Crippen LogP contribution in [0.2, 0.25) is 0 Å². The van der Waals surface area contributed by atoms with E-state index in [1.54, 1.807) is 0 Å². The predicted molar refractivity (Wildman–Crippen MR) is 106 cm³/mol. The van der Waals surface area contributed by atoms with Crippen molar-refractivity contribution in [3.05, 3.63) is 58.9 Å². The molecule has 3 heterocycles. The van der Waals surface area contributed by atoms with E-state index in [1.165, 1.54) is 22.1 Å². The van der Waals surface area contributed by atoms with Gasteiger partial charge in [-0.05, 0) is 56.0 Å².